The van der Waals surface area contributed by atoms with Crippen LogP contribution in [0.4, 0.5) is 13.6 Å². The summed E-state index contributed by atoms with van der Waals surface area (Å²) >= 11 is 0. The monoisotopic (exact) mass is 358 g/mol. The van der Waals surface area contributed by atoms with Crippen molar-refractivity contribution in [1.82, 2.24) is 10.2 Å². The molecule has 0 saturated carbocycles. The summed E-state index contributed by atoms with van der Waals surface area (Å²) in [6.45, 7) is 0.903. The highest BCUT2D eigenvalue weighted by atomic mass is 19.2. The van der Waals surface area contributed by atoms with Gasteiger partial charge in [-0.3, -0.25) is 4.90 Å². The van der Waals surface area contributed by atoms with Gasteiger partial charge in [-0.25, -0.2) is 9.18 Å². The SMILES string of the molecule is O=C(O[C@@]1(F)CCNC1)N1CCc2ccccc2[C@@H]1c1ccc(F)cc1. The van der Waals surface area contributed by atoms with Gasteiger partial charge in [0.2, 0.25) is 0 Å². The minimum atomic E-state index is -1.97. The first-order valence-electron chi connectivity index (χ1n) is 8.78. The first-order valence-corrected chi connectivity index (χ1v) is 8.78. The maximum atomic E-state index is 14.6. The number of amides is 1. The molecule has 1 amide bonds. The minimum Gasteiger partial charge on any atom is -0.411 e. The van der Waals surface area contributed by atoms with E-state index in [9.17, 15) is 13.6 Å². The second-order valence-corrected chi connectivity index (χ2v) is 6.77. The average molecular weight is 358 g/mol. The van der Waals surface area contributed by atoms with Gasteiger partial charge in [0.05, 0.1) is 12.6 Å². The lowest BCUT2D eigenvalue weighted by atomic mass is 9.88. The molecule has 2 aliphatic heterocycles. The Hall–Kier alpha value is -2.47. The van der Waals surface area contributed by atoms with Gasteiger partial charge in [0.25, 0.3) is 5.85 Å². The summed E-state index contributed by atoms with van der Waals surface area (Å²) in [6.07, 6.45) is 0.130. The predicted octanol–water partition coefficient (Wildman–Crippen LogP) is 3.57. The normalized spacial score (nSPS) is 25.0. The van der Waals surface area contributed by atoms with E-state index in [1.54, 1.807) is 12.1 Å². The van der Waals surface area contributed by atoms with Crippen molar-refractivity contribution in [2.75, 3.05) is 19.6 Å². The summed E-state index contributed by atoms with van der Waals surface area (Å²) < 4.78 is 33.2. The highest BCUT2D eigenvalue weighted by Crippen LogP contribution is 2.36. The zero-order chi connectivity index (χ0) is 18.1. The van der Waals surface area contributed by atoms with Crippen LogP contribution >= 0.6 is 0 Å². The highest BCUT2D eigenvalue weighted by molar-refractivity contribution is 5.70. The molecule has 0 aromatic heterocycles. The van der Waals surface area contributed by atoms with Crippen molar-refractivity contribution in [3.8, 4) is 0 Å². The number of carbonyl (C=O) groups excluding carboxylic acids is 1. The molecule has 2 aromatic rings. The number of rotatable bonds is 2. The maximum Gasteiger partial charge on any atom is 0.413 e. The van der Waals surface area contributed by atoms with Gasteiger partial charge in [-0.1, -0.05) is 36.4 Å². The number of alkyl halides is 1. The molecule has 2 aliphatic rings. The molecule has 2 atom stereocenters. The van der Waals surface area contributed by atoms with Crippen molar-refractivity contribution >= 4 is 6.09 Å². The van der Waals surface area contributed by atoms with Crippen LogP contribution in [0, 0.1) is 5.82 Å². The lowest BCUT2D eigenvalue weighted by Gasteiger charge is -2.38. The fourth-order valence-electron chi connectivity index (χ4n) is 3.71. The summed E-state index contributed by atoms with van der Waals surface area (Å²) in [5.41, 5.74) is 2.86. The lowest BCUT2D eigenvalue weighted by Crippen LogP contribution is -2.45. The van der Waals surface area contributed by atoms with Crippen molar-refractivity contribution in [2.24, 2.45) is 0 Å². The van der Waals surface area contributed by atoms with E-state index < -0.39 is 18.0 Å². The molecular formula is C20H20F2N2O2. The van der Waals surface area contributed by atoms with Gasteiger partial charge in [0.15, 0.2) is 0 Å². The van der Waals surface area contributed by atoms with Crippen LogP contribution in [0.2, 0.25) is 0 Å². The largest absolute Gasteiger partial charge is 0.413 e. The number of nitrogens with one attached hydrogen (secondary N) is 1. The van der Waals surface area contributed by atoms with Crippen LogP contribution in [0.15, 0.2) is 48.5 Å². The molecule has 0 unspecified atom stereocenters. The van der Waals surface area contributed by atoms with Gasteiger partial charge in [0, 0.05) is 19.5 Å². The molecule has 2 aromatic carbocycles. The quantitative estimate of drug-likeness (QED) is 0.892. The van der Waals surface area contributed by atoms with Crippen molar-refractivity contribution in [3.05, 3.63) is 71.0 Å². The van der Waals surface area contributed by atoms with Gasteiger partial charge in [-0.15, -0.1) is 0 Å². The lowest BCUT2D eigenvalue weighted by molar-refractivity contribution is -0.0920. The molecule has 1 fully saturated rings. The fourth-order valence-corrected chi connectivity index (χ4v) is 3.71. The summed E-state index contributed by atoms with van der Waals surface area (Å²) in [5.74, 6) is -2.31. The number of halogens is 2. The Balaban J connectivity index is 1.68. The summed E-state index contributed by atoms with van der Waals surface area (Å²) in [4.78, 5) is 14.3. The number of carbonyl (C=O) groups is 1. The molecule has 0 radical (unpaired) electrons. The molecule has 0 bridgehead atoms. The van der Waals surface area contributed by atoms with Gasteiger partial charge >= 0.3 is 6.09 Å². The van der Waals surface area contributed by atoms with E-state index in [-0.39, 0.29) is 18.8 Å². The Morgan fingerprint density at radius 3 is 2.69 bits per heavy atom. The van der Waals surface area contributed by atoms with Crippen LogP contribution in [0.5, 0.6) is 0 Å². The summed E-state index contributed by atoms with van der Waals surface area (Å²) in [6, 6.07) is 13.5. The first-order chi connectivity index (χ1) is 12.6. The van der Waals surface area contributed by atoms with E-state index in [1.807, 2.05) is 24.3 Å². The zero-order valence-electron chi connectivity index (χ0n) is 14.3. The third-order valence-electron chi connectivity index (χ3n) is 5.04. The van der Waals surface area contributed by atoms with E-state index >= 15 is 0 Å². The zero-order valence-corrected chi connectivity index (χ0v) is 14.3. The Bertz CT molecular complexity index is 804. The molecule has 4 nitrogen and oxygen atoms in total. The van der Waals surface area contributed by atoms with Crippen LogP contribution in [-0.2, 0) is 11.2 Å². The first kappa shape index (κ1) is 17.0. The number of benzene rings is 2. The van der Waals surface area contributed by atoms with E-state index in [2.05, 4.69) is 5.32 Å². The predicted molar refractivity (Wildman–Crippen MR) is 92.9 cm³/mol. The maximum absolute atomic E-state index is 14.6. The Kier molecular flexibility index (Phi) is 4.36. The molecule has 136 valence electrons. The molecule has 4 rings (SSSR count). The Labute approximate surface area is 150 Å². The smallest absolute Gasteiger partial charge is 0.411 e. The van der Waals surface area contributed by atoms with Gasteiger partial charge < -0.3 is 10.1 Å². The molecular weight excluding hydrogens is 338 g/mol. The van der Waals surface area contributed by atoms with E-state index in [0.29, 0.717) is 19.5 Å². The van der Waals surface area contributed by atoms with Crippen LogP contribution in [-0.4, -0.2) is 36.5 Å². The third-order valence-corrected chi connectivity index (χ3v) is 5.04. The van der Waals surface area contributed by atoms with E-state index in [0.717, 1.165) is 16.7 Å². The fraction of sp³-hybridized carbons (Fsp3) is 0.350. The van der Waals surface area contributed by atoms with Crippen molar-refractivity contribution in [1.29, 1.82) is 0 Å². The van der Waals surface area contributed by atoms with E-state index in [1.165, 1.54) is 17.0 Å². The minimum absolute atomic E-state index is 0.00435. The van der Waals surface area contributed by atoms with Gasteiger partial charge in [-0.2, -0.15) is 4.39 Å². The Morgan fingerprint density at radius 2 is 1.96 bits per heavy atom. The number of hydrogen-bond acceptors (Lipinski definition) is 3. The standard InChI is InChI=1S/C20H20F2N2O2/c21-16-7-5-15(6-8-16)18-17-4-2-1-3-14(17)9-12-24(18)19(25)26-20(22)10-11-23-13-20/h1-8,18,23H,9-13H2/t18-,20-/m0/s1. The van der Waals surface area contributed by atoms with Crippen LogP contribution in [0.25, 0.3) is 0 Å². The number of hydrogen-bond donors (Lipinski definition) is 1. The van der Waals surface area contributed by atoms with Crippen molar-refractivity contribution in [3.63, 3.8) is 0 Å². The molecule has 26 heavy (non-hydrogen) atoms. The Morgan fingerprint density at radius 1 is 1.19 bits per heavy atom. The summed E-state index contributed by atoms with van der Waals surface area (Å²) in [5, 5.41) is 2.87. The van der Waals surface area contributed by atoms with Crippen LogP contribution in [0.1, 0.15) is 29.2 Å². The number of fused-ring (bicyclic) bond motifs is 1. The van der Waals surface area contributed by atoms with Crippen molar-refractivity contribution in [2.45, 2.75) is 24.7 Å². The molecule has 0 spiro atoms. The van der Waals surface area contributed by atoms with Crippen LogP contribution < -0.4 is 5.32 Å². The number of ether oxygens (including phenoxy) is 1. The molecule has 0 aliphatic carbocycles. The second-order valence-electron chi connectivity index (χ2n) is 6.77. The highest BCUT2D eigenvalue weighted by Gasteiger charge is 2.41. The van der Waals surface area contributed by atoms with Gasteiger partial charge in [-0.05, 0) is 35.2 Å². The van der Waals surface area contributed by atoms with Gasteiger partial charge in [0.1, 0.15) is 5.82 Å². The van der Waals surface area contributed by atoms with Crippen LogP contribution in [0.3, 0.4) is 0 Å². The number of nitrogens with zero attached hydrogens (tertiary/aromatic N) is 1. The van der Waals surface area contributed by atoms with E-state index in [4.69, 9.17) is 4.74 Å². The molecule has 1 N–H and O–H groups in total. The second kappa shape index (κ2) is 6.68. The topological polar surface area (TPSA) is 41.6 Å². The molecule has 6 heteroatoms. The third kappa shape index (κ3) is 3.17. The summed E-state index contributed by atoms with van der Waals surface area (Å²) in [7, 11) is 0. The van der Waals surface area contributed by atoms with Crippen molar-refractivity contribution < 1.29 is 18.3 Å². The molecule has 2 heterocycles. The molecule has 1 saturated heterocycles. The average Bonchev–Trinajstić information content (AvgIpc) is 3.07.